The van der Waals surface area contributed by atoms with Crippen LogP contribution in [-0.2, 0) is 21.2 Å². The molecule has 1 aromatic rings. The van der Waals surface area contributed by atoms with E-state index in [2.05, 4.69) is 5.32 Å². The Bertz CT molecular complexity index is 611. The van der Waals surface area contributed by atoms with Gasteiger partial charge in [-0.1, -0.05) is 25.0 Å². The van der Waals surface area contributed by atoms with Gasteiger partial charge in [-0.05, 0) is 37.0 Å². The predicted molar refractivity (Wildman–Crippen MR) is 87.2 cm³/mol. The molecule has 0 heterocycles. The first-order chi connectivity index (χ1) is 9.81. The monoisotopic (exact) mass is 347 g/mol. The van der Waals surface area contributed by atoms with E-state index >= 15 is 0 Å². The van der Waals surface area contributed by atoms with Gasteiger partial charge in [-0.15, -0.1) is 12.4 Å². The van der Waals surface area contributed by atoms with Crippen LogP contribution in [0, 0.1) is 0 Å². The van der Waals surface area contributed by atoms with Gasteiger partial charge in [0.15, 0.2) is 0 Å². The number of hydrogen-bond donors (Lipinski definition) is 3. The first-order valence-corrected chi connectivity index (χ1v) is 8.55. The highest BCUT2D eigenvalue weighted by molar-refractivity contribution is 7.89. The van der Waals surface area contributed by atoms with Gasteiger partial charge in [0.2, 0.25) is 15.9 Å². The molecule has 1 fully saturated rings. The lowest BCUT2D eigenvalue weighted by molar-refractivity contribution is -0.126. The van der Waals surface area contributed by atoms with E-state index in [1.54, 1.807) is 12.1 Å². The van der Waals surface area contributed by atoms with Crippen molar-refractivity contribution >= 4 is 28.3 Å². The molecule has 0 aliphatic heterocycles. The van der Waals surface area contributed by atoms with Crippen molar-refractivity contribution in [1.29, 1.82) is 0 Å². The Hall–Kier alpha value is -1.15. The number of benzene rings is 1. The minimum Gasteiger partial charge on any atom is -0.354 e. The summed E-state index contributed by atoms with van der Waals surface area (Å²) in [6.45, 7) is 0.479. The molecule has 124 valence electrons. The van der Waals surface area contributed by atoms with E-state index < -0.39 is 15.6 Å². The molecule has 0 atom stereocenters. The van der Waals surface area contributed by atoms with Gasteiger partial charge in [0, 0.05) is 6.54 Å². The Labute approximate surface area is 137 Å². The molecular weight excluding hydrogens is 326 g/mol. The van der Waals surface area contributed by atoms with E-state index in [9.17, 15) is 13.2 Å². The molecule has 2 rings (SSSR count). The lowest BCUT2D eigenvalue weighted by atomic mass is 9.98. The second-order valence-corrected chi connectivity index (χ2v) is 7.12. The van der Waals surface area contributed by atoms with Gasteiger partial charge in [-0.3, -0.25) is 4.79 Å². The maximum atomic E-state index is 12.0. The molecule has 0 spiro atoms. The van der Waals surface area contributed by atoms with Crippen molar-refractivity contribution in [2.45, 2.75) is 42.5 Å². The SMILES string of the molecule is Cl.NC1(C(=O)NCCc2ccc(S(N)(=O)=O)cc2)CCCC1. The fourth-order valence-corrected chi connectivity index (χ4v) is 3.09. The molecule has 0 unspecified atom stereocenters. The molecule has 1 amide bonds. The third-order valence-corrected chi connectivity index (χ3v) is 4.83. The highest BCUT2D eigenvalue weighted by Crippen LogP contribution is 2.27. The van der Waals surface area contributed by atoms with Gasteiger partial charge in [0.05, 0.1) is 10.4 Å². The van der Waals surface area contributed by atoms with Crippen molar-refractivity contribution < 1.29 is 13.2 Å². The smallest absolute Gasteiger partial charge is 0.240 e. The number of primary sulfonamides is 1. The zero-order valence-electron chi connectivity index (χ0n) is 12.2. The van der Waals surface area contributed by atoms with Crippen LogP contribution < -0.4 is 16.2 Å². The molecule has 22 heavy (non-hydrogen) atoms. The molecule has 5 N–H and O–H groups in total. The van der Waals surface area contributed by atoms with E-state index in [4.69, 9.17) is 10.9 Å². The van der Waals surface area contributed by atoms with Crippen LogP contribution in [0.4, 0.5) is 0 Å². The Morgan fingerprint density at radius 2 is 1.73 bits per heavy atom. The van der Waals surface area contributed by atoms with Crippen LogP contribution in [0.15, 0.2) is 29.2 Å². The Kier molecular flexibility index (Phi) is 6.37. The molecule has 1 aliphatic rings. The van der Waals surface area contributed by atoms with Gasteiger partial charge in [0.25, 0.3) is 0 Å². The predicted octanol–water partition coefficient (Wildman–Crippen LogP) is 0.686. The van der Waals surface area contributed by atoms with Crippen LogP contribution >= 0.6 is 12.4 Å². The number of amides is 1. The summed E-state index contributed by atoms with van der Waals surface area (Å²) in [7, 11) is -3.66. The molecule has 6 nitrogen and oxygen atoms in total. The van der Waals surface area contributed by atoms with Crippen LogP contribution in [-0.4, -0.2) is 26.4 Å². The zero-order valence-corrected chi connectivity index (χ0v) is 13.9. The third kappa shape index (κ3) is 4.67. The summed E-state index contributed by atoms with van der Waals surface area (Å²) >= 11 is 0. The van der Waals surface area contributed by atoms with Gasteiger partial charge in [0.1, 0.15) is 0 Å². The molecule has 0 aromatic heterocycles. The summed E-state index contributed by atoms with van der Waals surface area (Å²) < 4.78 is 22.3. The Balaban J connectivity index is 0.00000242. The van der Waals surface area contributed by atoms with Gasteiger partial charge in [-0.2, -0.15) is 0 Å². The maximum Gasteiger partial charge on any atom is 0.240 e. The lowest BCUT2D eigenvalue weighted by Gasteiger charge is -2.22. The van der Waals surface area contributed by atoms with E-state index in [0.29, 0.717) is 13.0 Å². The van der Waals surface area contributed by atoms with E-state index in [-0.39, 0.29) is 23.2 Å². The van der Waals surface area contributed by atoms with Crippen molar-refractivity contribution in [2.75, 3.05) is 6.54 Å². The quantitative estimate of drug-likeness (QED) is 0.726. The van der Waals surface area contributed by atoms with Crippen LogP contribution in [0.1, 0.15) is 31.2 Å². The topological polar surface area (TPSA) is 115 Å². The third-order valence-electron chi connectivity index (χ3n) is 3.90. The summed E-state index contributed by atoms with van der Waals surface area (Å²) in [5, 5.41) is 7.88. The summed E-state index contributed by atoms with van der Waals surface area (Å²) in [6, 6.07) is 6.32. The average molecular weight is 348 g/mol. The fraction of sp³-hybridized carbons (Fsp3) is 0.500. The van der Waals surface area contributed by atoms with Crippen molar-refractivity contribution in [2.24, 2.45) is 10.9 Å². The van der Waals surface area contributed by atoms with Crippen LogP contribution in [0.5, 0.6) is 0 Å². The standard InChI is InChI=1S/C14H21N3O3S.ClH/c15-14(8-1-2-9-14)13(18)17-10-7-11-3-5-12(6-4-11)21(16,19)20;/h3-6H,1-2,7-10,15H2,(H,17,18)(H2,16,19,20);1H. The second-order valence-electron chi connectivity index (χ2n) is 5.56. The molecule has 0 saturated heterocycles. The number of carbonyl (C=O) groups excluding carboxylic acids is 1. The number of nitrogens with one attached hydrogen (secondary N) is 1. The number of halogens is 1. The molecule has 8 heteroatoms. The fourth-order valence-electron chi connectivity index (χ4n) is 2.58. The lowest BCUT2D eigenvalue weighted by Crippen LogP contribution is -2.52. The van der Waals surface area contributed by atoms with E-state index in [1.807, 2.05) is 0 Å². The molecule has 0 bridgehead atoms. The highest BCUT2D eigenvalue weighted by Gasteiger charge is 2.36. The van der Waals surface area contributed by atoms with Gasteiger partial charge >= 0.3 is 0 Å². The normalized spacial score (nSPS) is 16.8. The first kappa shape index (κ1) is 18.9. The summed E-state index contributed by atoms with van der Waals surface area (Å²) in [5.41, 5.74) is 6.28. The van der Waals surface area contributed by atoms with Gasteiger partial charge in [-0.25, -0.2) is 13.6 Å². The molecular formula is C14H22ClN3O3S. The van der Waals surface area contributed by atoms with E-state index in [1.165, 1.54) is 12.1 Å². The molecule has 1 saturated carbocycles. The Morgan fingerprint density at radius 1 is 1.18 bits per heavy atom. The van der Waals surface area contributed by atoms with Crippen LogP contribution in [0.3, 0.4) is 0 Å². The maximum absolute atomic E-state index is 12.0. The first-order valence-electron chi connectivity index (χ1n) is 7.00. The second kappa shape index (κ2) is 7.41. The molecule has 1 aromatic carbocycles. The Morgan fingerprint density at radius 3 is 2.23 bits per heavy atom. The largest absolute Gasteiger partial charge is 0.354 e. The van der Waals surface area contributed by atoms with E-state index in [0.717, 1.165) is 31.2 Å². The summed E-state index contributed by atoms with van der Waals surface area (Å²) in [6.07, 6.45) is 4.09. The van der Waals surface area contributed by atoms with Crippen molar-refractivity contribution in [3.63, 3.8) is 0 Å². The minimum absolute atomic E-state index is 0. The van der Waals surface area contributed by atoms with Gasteiger partial charge < -0.3 is 11.1 Å². The molecule has 0 radical (unpaired) electrons. The van der Waals surface area contributed by atoms with Crippen LogP contribution in [0.2, 0.25) is 0 Å². The summed E-state index contributed by atoms with van der Waals surface area (Å²) in [4.78, 5) is 12.1. The minimum atomic E-state index is -3.66. The average Bonchev–Trinajstić information content (AvgIpc) is 2.86. The number of rotatable bonds is 5. The van der Waals surface area contributed by atoms with Crippen molar-refractivity contribution in [3.05, 3.63) is 29.8 Å². The number of nitrogens with two attached hydrogens (primary N) is 2. The number of hydrogen-bond acceptors (Lipinski definition) is 4. The number of sulfonamides is 1. The van der Waals surface area contributed by atoms with Crippen LogP contribution in [0.25, 0.3) is 0 Å². The van der Waals surface area contributed by atoms with Crippen molar-refractivity contribution in [1.82, 2.24) is 5.32 Å². The highest BCUT2D eigenvalue weighted by atomic mass is 35.5. The zero-order chi connectivity index (χ0) is 15.5. The van der Waals surface area contributed by atoms with Crippen molar-refractivity contribution in [3.8, 4) is 0 Å². The molecule has 1 aliphatic carbocycles. The summed E-state index contributed by atoms with van der Waals surface area (Å²) in [5.74, 6) is -0.0962. The number of carbonyl (C=O) groups is 1.